The monoisotopic (exact) mass is 463 g/mol. The number of anilines is 2. The molecule has 3 aromatic rings. The van der Waals surface area contributed by atoms with E-state index in [-0.39, 0.29) is 17.8 Å². The van der Waals surface area contributed by atoms with Crippen molar-refractivity contribution in [1.29, 1.82) is 0 Å². The number of benzene rings is 2. The molecule has 2 aromatic carbocycles. The van der Waals surface area contributed by atoms with Crippen molar-refractivity contribution in [1.82, 2.24) is 14.9 Å². The second kappa shape index (κ2) is 10.4. The quantitative estimate of drug-likeness (QED) is 0.525. The summed E-state index contributed by atoms with van der Waals surface area (Å²) in [5.74, 6) is 1.80. The summed E-state index contributed by atoms with van der Waals surface area (Å²) in [6, 6.07) is 12.9. The van der Waals surface area contributed by atoms with Crippen LogP contribution in [0.1, 0.15) is 5.56 Å². The van der Waals surface area contributed by atoms with Gasteiger partial charge in [-0.25, -0.2) is 9.97 Å². The minimum absolute atomic E-state index is 0.134. The molecular formula is C25H29N5O4. The van der Waals surface area contributed by atoms with Crippen LogP contribution in [0, 0.1) is 5.92 Å². The van der Waals surface area contributed by atoms with Crippen molar-refractivity contribution in [3.05, 3.63) is 54.2 Å². The van der Waals surface area contributed by atoms with Gasteiger partial charge in [0.15, 0.2) is 0 Å². The van der Waals surface area contributed by atoms with E-state index in [0.717, 1.165) is 29.2 Å². The molecule has 0 radical (unpaired) electrons. The van der Waals surface area contributed by atoms with Crippen molar-refractivity contribution in [2.45, 2.75) is 6.42 Å². The minimum Gasteiger partial charge on any atom is -0.497 e. The Morgan fingerprint density at radius 1 is 1.24 bits per heavy atom. The van der Waals surface area contributed by atoms with E-state index < -0.39 is 0 Å². The lowest BCUT2D eigenvalue weighted by Crippen LogP contribution is -2.32. The van der Waals surface area contributed by atoms with Crippen LogP contribution in [0.5, 0.6) is 17.2 Å². The van der Waals surface area contributed by atoms with Gasteiger partial charge in [0.25, 0.3) is 0 Å². The fourth-order valence-corrected chi connectivity index (χ4v) is 3.68. The zero-order valence-electron chi connectivity index (χ0n) is 19.6. The number of hydrogen-bond acceptors (Lipinski definition) is 8. The normalized spacial score (nSPS) is 14.8. The smallest absolute Gasteiger partial charge is 0.231 e. The average molecular weight is 464 g/mol. The molecule has 4 rings (SSSR count). The van der Waals surface area contributed by atoms with E-state index in [9.17, 15) is 4.79 Å². The number of nitrogens with one attached hydrogen (secondary N) is 1. The third-order valence-electron chi connectivity index (χ3n) is 5.55. The number of rotatable bonds is 8. The van der Waals surface area contributed by atoms with Gasteiger partial charge in [-0.15, -0.1) is 0 Å². The van der Waals surface area contributed by atoms with Gasteiger partial charge in [-0.2, -0.15) is 0 Å². The highest BCUT2D eigenvalue weighted by Gasteiger charge is 2.27. The molecule has 9 heteroatoms. The Hall–Kier alpha value is -3.85. The number of nitrogen functional groups attached to an aromatic ring is 1. The lowest BCUT2D eigenvalue weighted by Gasteiger charge is -2.25. The topological polar surface area (TPSA) is 112 Å². The Labute approximate surface area is 198 Å². The molecule has 9 nitrogen and oxygen atoms in total. The van der Waals surface area contributed by atoms with Crippen molar-refractivity contribution < 1.29 is 19.0 Å². The minimum atomic E-state index is -0.337. The molecule has 1 atom stereocenters. The van der Waals surface area contributed by atoms with Crippen molar-refractivity contribution in [3.63, 3.8) is 0 Å². The molecule has 3 N–H and O–H groups in total. The summed E-state index contributed by atoms with van der Waals surface area (Å²) in [5, 5.41) is 3.02. The maximum atomic E-state index is 13.1. The maximum Gasteiger partial charge on any atom is 0.231 e. The third-order valence-corrected chi connectivity index (χ3v) is 5.55. The second-order valence-electron chi connectivity index (χ2n) is 8.34. The van der Waals surface area contributed by atoms with Gasteiger partial charge in [0.1, 0.15) is 30.5 Å². The average Bonchev–Trinajstić information content (AvgIpc) is 2.84. The van der Waals surface area contributed by atoms with Gasteiger partial charge in [-0.05, 0) is 62.5 Å². The van der Waals surface area contributed by atoms with E-state index in [2.05, 4.69) is 15.3 Å². The highest BCUT2D eigenvalue weighted by atomic mass is 16.5. The van der Waals surface area contributed by atoms with E-state index in [4.69, 9.17) is 19.9 Å². The molecule has 0 spiro atoms. The van der Waals surface area contributed by atoms with Gasteiger partial charge in [-0.3, -0.25) is 4.79 Å². The molecule has 0 aliphatic carbocycles. The summed E-state index contributed by atoms with van der Waals surface area (Å²) in [4.78, 5) is 23.4. The number of amides is 1. The van der Waals surface area contributed by atoms with Crippen LogP contribution >= 0.6 is 0 Å². The Morgan fingerprint density at radius 3 is 2.85 bits per heavy atom. The van der Waals surface area contributed by atoms with E-state index in [1.807, 2.05) is 55.4 Å². The number of carbonyl (C=O) groups excluding carboxylic acids is 1. The van der Waals surface area contributed by atoms with Crippen LogP contribution in [0.15, 0.2) is 48.7 Å². The summed E-state index contributed by atoms with van der Waals surface area (Å²) in [6.45, 7) is 1.50. The van der Waals surface area contributed by atoms with E-state index in [1.54, 1.807) is 19.4 Å². The number of fused-ring (bicyclic) bond motifs is 1. The van der Waals surface area contributed by atoms with Gasteiger partial charge in [0.2, 0.25) is 11.9 Å². The second-order valence-corrected chi connectivity index (χ2v) is 8.34. The van der Waals surface area contributed by atoms with Gasteiger partial charge < -0.3 is 30.2 Å². The van der Waals surface area contributed by atoms with Crippen LogP contribution in [-0.4, -0.2) is 61.7 Å². The van der Waals surface area contributed by atoms with E-state index in [1.165, 1.54) is 0 Å². The molecular weight excluding hydrogens is 434 g/mol. The van der Waals surface area contributed by atoms with Crippen LogP contribution in [0.3, 0.4) is 0 Å². The van der Waals surface area contributed by atoms with Crippen molar-refractivity contribution in [3.8, 4) is 28.5 Å². The maximum absolute atomic E-state index is 13.1. The SMILES string of the molecule is COc1ccc2c(c1)CC(C(=O)Nc1ccc(-c3ccnc(N)n3)cc1OCCN(C)C)CO2. The van der Waals surface area contributed by atoms with Gasteiger partial charge in [-0.1, -0.05) is 6.07 Å². The van der Waals surface area contributed by atoms with Gasteiger partial charge in [0, 0.05) is 18.3 Å². The summed E-state index contributed by atoms with van der Waals surface area (Å²) in [6.07, 6.45) is 2.17. The first-order valence-electron chi connectivity index (χ1n) is 11.0. The van der Waals surface area contributed by atoms with Crippen LogP contribution < -0.4 is 25.3 Å². The summed E-state index contributed by atoms with van der Waals surface area (Å²) in [7, 11) is 5.57. The number of methoxy groups -OCH3 is 1. The fraction of sp³-hybridized carbons (Fsp3) is 0.320. The standard InChI is InChI=1S/C25H29N5O4/c1-30(2)10-11-33-23-14-16(20-8-9-27-25(26)29-20)4-6-21(23)28-24(31)18-12-17-13-19(32-3)5-7-22(17)34-15-18/h4-9,13-14,18H,10-12,15H2,1-3H3,(H,28,31)(H2,26,27,29). The molecule has 1 aromatic heterocycles. The number of aromatic nitrogens is 2. The zero-order valence-corrected chi connectivity index (χ0v) is 19.6. The highest BCUT2D eigenvalue weighted by Crippen LogP contribution is 2.33. The predicted molar refractivity (Wildman–Crippen MR) is 130 cm³/mol. The molecule has 1 amide bonds. The number of hydrogen-bond donors (Lipinski definition) is 2. The fourth-order valence-electron chi connectivity index (χ4n) is 3.68. The number of likely N-dealkylation sites (N-methyl/N-ethyl adjacent to an activating group) is 1. The lowest BCUT2D eigenvalue weighted by molar-refractivity contribution is -0.121. The first-order valence-corrected chi connectivity index (χ1v) is 11.0. The molecule has 0 fully saturated rings. The lowest BCUT2D eigenvalue weighted by atomic mass is 9.95. The largest absolute Gasteiger partial charge is 0.497 e. The zero-order chi connectivity index (χ0) is 24.1. The van der Waals surface area contributed by atoms with Crippen molar-refractivity contribution in [2.24, 2.45) is 5.92 Å². The molecule has 0 saturated heterocycles. The van der Waals surface area contributed by atoms with E-state index >= 15 is 0 Å². The Balaban J connectivity index is 1.54. The molecule has 0 saturated carbocycles. The number of nitrogens with zero attached hydrogens (tertiary/aromatic N) is 3. The van der Waals surface area contributed by atoms with Gasteiger partial charge >= 0.3 is 0 Å². The molecule has 178 valence electrons. The Morgan fingerprint density at radius 2 is 2.09 bits per heavy atom. The van der Waals surface area contributed by atoms with Crippen LogP contribution in [0.2, 0.25) is 0 Å². The molecule has 1 aliphatic rings. The Kier molecular flexibility index (Phi) is 7.12. The third kappa shape index (κ3) is 5.55. The highest BCUT2D eigenvalue weighted by molar-refractivity contribution is 5.95. The molecule has 1 unspecified atom stereocenters. The molecule has 0 bridgehead atoms. The first-order chi connectivity index (χ1) is 16.4. The summed E-state index contributed by atoms with van der Waals surface area (Å²) in [5.41, 5.74) is 8.77. The van der Waals surface area contributed by atoms with Gasteiger partial charge in [0.05, 0.1) is 24.4 Å². The van der Waals surface area contributed by atoms with Crippen molar-refractivity contribution in [2.75, 3.05) is 52.0 Å². The summed E-state index contributed by atoms with van der Waals surface area (Å²) >= 11 is 0. The molecule has 34 heavy (non-hydrogen) atoms. The van der Waals surface area contributed by atoms with Crippen molar-refractivity contribution >= 4 is 17.5 Å². The number of nitrogens with two attached hydrogens (primary N) is 1. The van der Waals surface area contributed by atoms with Crippen LogP contribution in [-0.2, 0) is 11.2 Å². The van der Waals surface area contributed by atoms with Crippen LogP contribution in [0.4, 0.5) is 11.6 Å². The number of carbonyl (C=O) groups is 1. The summed E-state index contributed by atoms with van der Waals surface area (Å²) < 4.78 is 17.2. The first kappa shape index (κ1) is 23.3. The Bertz CT molecular complexity index is 1170. The molecule has 1 aliphatic heterocycles. The number of ether oxygens (including phenoxy) is 3. The van der Waals surface area contributed by atoms with E-state index in [0.29, 0.717) is 36.8 Å². The van der Waals surface area contributed by atoms with Crippen LogP contribution in [0.25, 0.3) is 11.3 Å². The predicted octanol–water partition coefficient (Wildman–Crippen LogP) is 2.86. The molecule has 2 heterocycles.